The van der Waals surface area contributed by atoms with Crippen LogP contribution >= 0.6 is 0 Å². The zero-order valence-corrected chi connectivity index (χ0v) is 11.6. The van der Waals surface area contributed by atoms with Crippen LogP contribution in [0.15, 0.2) is 18.2 Å². The smallest absolute Gasteiger partial charge is 0.123 e. The lowest BCUT2D eigenvalue weighted by Crippen LogP contribution is -2.17. The summed E-state index contributed by atoms with van der Waals surface area (Å²) < 4.78 is 18.4. The van der Waals surface area contributed by atoms with Gasteiger partial charge in [0.2, 0.25) is 0 Å². The van der Waals surface area contributed by atoms with Gasteiger partial charge in [0.05, 0.1) is 0 Å². The lowest BCUT2D eigenvalue weighted by Gasteiger charge is -2.09. The molecule has 1 rings (SSSR count). The van der Waals surface area contributed by atoms with Crippen molar-refractivity contribution in [1.82, 2.24) is 5.32 Å². The Morgan fingerprint density at radius 2 is 2.11 bits per heavy atom. The van der Waals surface area contributed by atoms with Crippen LogP contribution in [0.1, 0.15) is 31.4 Å². The normalized spacial score (nSPS) is 11.2. The molecule has 1 aromatic carbocycles. The zero-order chi connectivity index (χ0) is 13.4. The number of ether oxygens (including phenoxy) is 1. The number of aryl methyl sites for hydroxylation is 1. The van der Waals surface area contributed by atoms with E-state index in [-0.39, 0.29) is 5.82 Å². The van der Waals surface area contributed by atoms with Crippen LogP contribution in [0.5, 0.6) is 0 Å². The number of hydrogen-bond acceptors (Lipinski definition) is 2. The fraction of sp³-hybridized carbons (Fsp3) is 0.600. The monoisotopic (exact) mass is 253 g/mol. The third-order valence-electron chi connectivity index (χ3n) is 2.71. The standard InChI is InChI=1S/C15H24FNO/c1-12(2)11-18-8-4-7-17-10-14-5-6-15(16)9-13(14)3/h5-6,9,12,17H,4,7-8,10-11H2,1-3H3. The predicted molar refractivity (Wildman–Crippen MR) is 73.1 cm³/mol. The molecule has 1 aromatic rings. The molecule has 0 heterocycles. The molecule has 0 saturated carbocycles. The molecule has 1 N–H and O–H groups in total. The van der Waals surface area contributed by atoms with Crippen molar-refractivity contribution in [2.75, 3.05) is 19.8 Å². The van der Waals surface area contributed by atoms with E-state index in [1.807, 2.05) is 13.0 Å². The third kappa shape index (κ3) is 6.12. The first-order valence-electron chi connectivity index (χ1n) is 6.63. The van der Waals surface area contributed by atoms with Gasteiger partial charge in [-0.25, -0.2) is 4.39 Å². The van der Waals surface area contributed by atoms with Crippen LogP contribution in [-0.2, 0) is 11.3 Å². The molecular formula is C15H24FNO. The van der Waals surface area contributed by atoms with Crippen molar-refractivity contribution in [3.63, 3.8) is 0 Å². The van der Waals surface area contributed by atoms with E-state index in [0.717, 1.165) is 43.9 Å². The fourth-order valence-corrected chi connectivity index (χ4v) is 1.70. The van der Waals surface area contributed by atoms with Gasteiger partial charge < -0.3 is 10.1 Å². The highest BCUT2D eigenvalue weighted by Crippen LogP contribution is 2.09. The Kier molecular flexibility index (Phi) is 6.91. The SMILES string of the molecule is Cc1cc(F)ccc1CNCCCOCC(C)C. The van der Waals surface area contributed by atoms with E-state index in [9.17, 15) is 4.39 Å². The van der Waals surface area contributed by atoms with Crippen LogP contribution in [-0.4, -0.2) is 19.8 Å². The minimum Gasteiger partial charge on any atom is -0.381 e. The van der Waals surface area contributed by atoms with Gasteiger partial charge in [-0.05, 0) is 49.1 Å². The summed E-state index contributed by atoms with van der Waals surface area (Å²) in [5.74, 6) is 0.429. The maximum atomic E-state index is 12.9. The molecule has 3 heteroatoms. The van der Waals surface area contributed by atoms with E-state index in [0.29, 0.717) is 5.92 Å². The summed E-state index contributed by atoms with van der Waals surface area (Å²) in [5, 5.41) is 3.35. The average molecular weight is 253 g/mol. The number of nitrogens with one attached hydrogen (secondary N) is 1. The lowest BCUT2D eigenvalue weighted by atomic mass is 10.1. The van der Waals surface area contributed by atoms with Crippen molar-refractivity contribution < 1.29 is 9.13 Å². The minimum atomic E-state index is -0.168. The molecule has 0 bridgehead atoms. The first kappa shape index (κ1) is 15.1. The highest BCUT2D eigenvalue weighted by Gasteiger charge is 1.99. The predicted octanol–water partition coefficient (Wildman–Crippen LogP) is 3.29. The van der Waals surface area contributed by atoms with Crippen molar-refractivity contribution in [3.8, 4) is 0 Å². The molecule has 0 aliphatic carbocycles. The second-order valence-electron chi connectivity index (χ2n) is 5.07. The minimum absolute atomic E-state index is 0.168. The third-order valence-corrected chi connectivity index (χ3v) is 2.71. The molecule has 0 amide bonds. The van der Waals surface area contributed by atoms with E-state index in [1.165, 1.54) is 6.07 Å². The van der Waals surface area contributed by atoms with Crippen molar-refractivity contribution in [2.45, 2.75) is 33.7 Å². The van der Waals surface area contributed by atoms with Crippen LogP contribution in [0, 0.1) is 18.7 Å². The van der Waals surface area contributed by atoms with E-state index in [2.05, 4.69) is 19.2 Å². The number of benzene rings is 1. The quantitative estimate of drug-likeness (QED) is 0.718. The second-order valence-corrected chi connectivity index (χ2v) is 5.07. The molecule has 0 fully saturated rings. The van der Waals surface area contributed by atoms with Gasteiger partial charge in [0.1, 0.15) is 5.82 Å². The number of halogens is 1. The molecule has 2 nitrogen and oxygen atoms in total. The van der Waals surface area contributed by atoms with Gasteiger partial charge in [-0.15, -0.1) is 0 Å². The maximum Gasteiger partial charge on any atom is 0.123 e. The summed E-state index contributed by atoms with van der Waals surface area (Å²) >= 11 is 0. The molecular weight excluding hydrogens is 229 g/mol. The highest BCUT2D eigenvalue weighted by molar-refractivity contribution is 5.26. The van der Waals surface area contributed by atoms with Crippen molar-refractivity contribution in [3.05, 3.63) is 35.1 Å². The molecule has 0 saturated heterocycles. The first-order valence-corrected chi connectivity index (χ1v) is 6.63. The Labute approximate surface area is 110 Å². The Bertz CT molecular complexity index is 352. The summed E-state index contributed by atoms with van der Waals surface area (Å²) in [4.78, 5) is 0. The van der Waals surface area contributed by atoms with Gasteiger partial charge in [-0.2, -0.15) is 0 Å². The number of hydrogen-bond donors (Lipinski definition) is 1. The van der Waals surface area contributed by atoms with E-state index >= 15 is 0 Å². The van der Waals surface area contributed by atoms with Crippen molar-refractivity contribution >= 4 is 0 Å². The second kappa shape index (κ2) is 8.22. The molecule has 0 aliphatic rings. The summed E-state index contributed by atoms with van der Waals surface area (Å²) in [6, 6.07) is 4.92. The molecule has 102 valence electrons. The van der Waals surface area contributed by atoms with Gasteiger partial charge in [0, 0.05) is 19.8 Å². The first-order chi connectivity index (χ1) is 8.59. The van der Waals surface area contributed by atoms with Crippen LogP contribution in [0.2, 0.25) is 0 Å². The Hall–Kier alpha value is -0.930. The van der Waals surface area contributed by atoms with Crippen LogP contribution in [0.3, 0.4) is 0 Å². The fourth-order valence-electron chi connectivity index (χ4n) is 1.70. The summed E-state index contributed by atoms with van der Waals surface area (Å²) in [6.07, 6.45) is 1.01. The van der Waals surface area contributed by atoms with Crippen LogP contribution < -0.4 is 5.32 Å². The molecule has 0 aromatic heterocycles. The molecule has 0 spiro atoms. The summed E-state index contributed by atoms with van der Waals surface area (Å²) in [6.45, 7) is 9.58. The van der Waals surface area contributed by atoms with E-state index in [4.69, 9.17) is 4.74 Å². The Balaban J connectivity index is 2.11. The number of rotatable bonds is 8. The highest BCUT2D eigenvalue weighted by atomic mass is 19.1. The van der Waals surface area contributed by atoms with Gasteiger partial charge in [0.15, 0.2) is 0 Å². The molecule has 0 atom stereocenters. The summed E-state index contributed by atoms with van der Waals surface area (Å²) in [5.41, 5.74) is 2.15. The summed E-state index contributed by atoms with van der Waals surface area (Å²) in [7, 11) is 0. The Morgan fingerprint density at radius 3 is 2.78 bits per heavy atom. The van der Waals surface area contributed by atoms with E-state index < -0.39 is 0 Å². The largest absolute Gasteiger partial charge is 0.381 e. The van der Waals surface area contributed by atoms with Gasteiger partial charge in [-0.3, -0.25) is 0 Å². The molecule has 0 unspecified atom stereocenters. The van der Waals surface area contributed by atoms with Crippen LogP contribution in [0.4, 0.5) is 4.39 Å². The Morgan fingerprint density at radius 1 is 1.33 bits per heavy atom. The van der Waals surface area contributed by atoms with Crippen molar-refractivity contribution in [1.29, 1.82) is 0 Å². The topological polar surface area (TPSA) is 21.3 Å². The van der Waals surface area contributed by atoms with Gasteiger partial charge in [-0.1, -0.05) is 19.9 Å². The van der Waals surface area contributed by atoms with E-state index in [1.54, 1.807) is 6.07 Å². The average Bonchev–Trinajstić information content (AvgIpc) is 2.30. The molecule has 18 heavy (non-hydrogen) atoms. The zero-order valence-electron chi connectivity index (χ0n) is 11.6. The van der Waals surface area contributed by atoms with Crippen molar-refractivity contribution in [2.24, 2.45) is 5.92 Å². The maximum absolute atomic E-state index is 12.9. The van der Waals surface area contributed by atoms with Crippen LogP contribution in [0.25, 0.3) is 0 Å². The lowest BCUT2D eigenvalue weighted by molar-refractivity contribution is 0.108. The molecule has 0 radical (unpaired) electrons. The van der Waals surface area contributed by atoms with Gasteiger partial charge in [0.25, 0.3) is 0 Å². The molecule has 0 aliphatic heterocycles. The van der Waals surface area contributed by atoms with Gasteiger partial charge >= 0.3 is 0 Å².